The van der Waals surface area contributed by atoms with Crippen molar-refractivity contribution in [1.29, 1.82) is 0 Å². The molecule has 0 radical (unpaired) electrons. The molecule has 7 heteroatoms. The number of aromatic nitrogens is 2. The van der Waals surface area contributed by atoms with Crippen LogP contribution in [-0.2, 0) is 6.54 Å². The van der Waals surface area contributed by atoms with Gasteiger partial charge in [-0.1, -0.05) is 0 Å². The quantitative estimate of drug-likeness (QED) is 0.816. The summed E-state index contributed by atoms with van der Waals surface area (Å²) in [7, 11) is 0. The molecule has 0 atom stereocenters. The average Bonchev–Trinajstić information content (AvgIpc) is 2.70. The van der Waals surface area contributed by atoms with Crippen LogP contribution < -0.4 is 5.73 Å². The average molecular weight is 267 g/mol. The number of nitrogens with two attached hydrogens (primary N) is 1. The Bertz CT molecular complexity index is 626. The number of rotatable bonds is 4. The highest BCUT2D eigenvalue weighted by Crippen LogP contribution is 2.28. The van der Waals surface area contributed by atoms with Crippen LogP contribution >= 0.6 is 0 Å². The molecule has 2 aromatic rings. The van der Waals surface area contributed by atoms with E-state index in [1.165, 1.54) is 4.68 Å². The highest BCUT2D eigenvalue weighted by molar-refractivity contribution is 5.91. The van der Waals surface area contributed by atoms with Gasteiger partial charge in [-0.3, -0.25) is 4.79 Å². The third-order valence-corrected chi connectivity index (χ3v) is 2.64. The molecule has 1 aromatic heterocycles. The number of benzene rings is 1. The van der Waals surface area contributed by atoms with E-state index in [1.54, 1.807) is 0 Å². The lowest BCUT2D eigenvalue weighted by atomic mass is 10.1. The lowest BCUT2D eigenvalue weighted by Gasteiger charge is -2.00. The van der Waals surface area contributed by atoms with E-state index < -0.39 is 11.6 Å². The number of halogens is 2. The van der Waals surface area contributed by atoms with E-state index in [4.69, 9.17) is 10.8 Å². The molecule has 100 valence electrons. The molecule has 0 saturated carbocycles. The number of aliphatic hydroxyl groups excluding tert-OH is 1. The number of carbonyl (C=O) groups excluding carboxylic acids is 1. The summed E-state index contributed by atoms with van der Waals surface area (Å²) in [5, 5.41) is 12.8. The maximum Gasteiger partial charge on any atom is 0.156 e. The number of aliphatic hydroxyl groups is 1. The minimum atomic E-state index is -0.710. The van der Waals surface area contributed by atoms with Crippen molar-refractivity contribution in [2.75, 3.05) is 12.3 Å². The van der Waals surface area contributed by atoms with Crippen molar-refractivity contribution >= 4 is 12.1 Å². The first-order valence-electron chi connectivity index (χ1n) is 5.46. The molecule has 3 N–H and O–H groups in total. The fourth-order valence-corrected chi connectivity index (χ4v) is 1.75. The van der Waals surface area contributed by atoms with Crippen molar-refractivity contribution in [2.24, 2.45) is 0 Å². The first-order chi connectivity index (χ1) is 9.08. The molecule has 0 aliphatic heterocycles. The monoisotopic (exact) mass is 267 g/mol. The zero-order valence-electron chi connectivity index (χ0n) is 9.81. The second-order valence-electron chi connectivity index (χ2n) is 3.84. The van der Waals surface area contributed by atoms with Crippen LogP contribution in [0.1, 0.15) is 10.4 Å². The van der Waals surface area contributed by atoms with E-state index in [0.717, 1.165) is 18.2 Å². The van der Waals surface area contributed by atoms with Gasteiger partial charge >= 0.3 is 0 Å². The van der Waals surface area contributed by atoms with E-state index >= 15 is 0 Å². The summed E-state index contributed by atoms with van der Waals surface area (Å²) in [6.45, 7) is -0.182. The summed E-state index contributed by atoms with van der Waals surface area (Å²) in [6, 6.07) is 2.85. The molecule has 1 heterocycles. The number of hydrogen-bond acceptors (Lipinski definition) is 4. The third kappa shape index (κ3) is 2.32. The van der Waals surface area contributed by atoms with E-state index in [2.05, 4.69) is 5.10 Å². The van der Waals surface area contributed by atoms with Crippen LogP contribution in [0.15, 0.2) is 18.2 Å². The van der Waals surface area contributed by atoms with Gasteiger partial charge in [-0.05, 0) is 18.2 Å². The van der Waals surface area contributed by atoms with Crippen molar-refractivity contribution in [1.82, 2.24) is 9.78 Å². The Morgan fingerprint density at radius 2 is 2.16 bits per heavy atom. The lowest BCUT2D eigenvalue weighted by Crippen LogP contribution is -2.08. The molecule has 5 nitrogen and oxygen atoms in total. The normalized spacial score (nSPS) is 10.7. The molecule has 0 saturated heterocycles. The number of aldehydes is 1. The smallest absolute Gasteiger partial charge is 0.156 e. The minimum absolute atomic E-state index is 0.00251. The van der Waals surface area contributed by atoms with Crippen molar-refractivity contribution in [2.45, 2.75) is 6.54 Å². The predicted octanol–water partition coefficient (Wildman–Crippen LogP) is 1.22. The summed E-state index contributed by atoms with van der Waals surface area (Å²) in [4.78, 5) is 11.0. The minimum Gasteiger partial charge on any atom is -0.394 e. The second-order valence-corrected chi connectivity index (χ2v) is 3.84. The van der Waals surface area contributed by atoms with Crippen molar-refractivity contribution in [3.8, 4) is 11.3 Å². The van der Waals surface area contributed by atoms with Crippen LogP contribution in [-0.4, -0.2) is 27.8 Å². The van der Waals surface area contributed by atoms with Gasteiger partial charge in [0, 0.05) is 5.56 Å². The van der Waals surface area contributed by atoms with E-state index in [1.807, 2.05) is 0 Å². The van der Waals surface area contributed by atoms with Gasteiger partial charge in [0.05, 0.1) is 18.7 Å². The summed E-state index contributed by atoms with van der Waals surface area (Å²) >= 11 is 0. The highest BCUT2D eigenvalue weighted by Gasteiger charge is 2.19. The van der Waals surface area contributed by atoms with Crippen molar-refractivity contribution in [3.63, 3.8) is 0 Å². The van der Waals surface area contributed by atoms with Crippen molar-refractivity contribution < 1.29 is 18.7 Å². The standard InChI is InChI=1S/C12H11F2N3O2/c13-7-1-2-10(14)8(5-7)11-9(6-19)12(15)17(16-11)3-4-18/h1-2,5-6,18H,3-4,15H2. The zero-order valence-corrected chi connectivity index (χ0v) is 9.81. The predicted molar refractivity (Wildman–Crippen MR) is 64.5 cm³/mol. The van der Waals surface area contributed by atoms with Crippen LogP contribution in [0.3, 0.4) is 0 Å². The first-order valence-corrected chi connectivity index (χ1v) is 5.46. The zero-order chi connectivity index (χ0) is 14.0. The van der Waals surface area contributed by atoms with Gasteiger partial charge in [0.1, 0.15) is 23.1 Å². The van der Waals surface area contributed by atoms with Gasteiger partial charge < -0.3 is 10.8 Å². The lowest BCUT2D eigenvalue weighted by molar-refractivity contribution is 0.112. The second kappa shape index (κ2) is 5.15. The Balaban J connectivity index is 2.64. The van der Waals surface area contributed by atoms with Crippen LogP contribution in [0.5, 0.6) is 0 Å². The molecule has 0 aliphatic rings. The van der Waals surface area contributed by atoms with Gasteiger partial charge in [0.2, 0.25) is 0 Å². The molecule has 2 rings (SSSR count). The van der Waals surface area contributed by atoms with Crippen LogP contribution in [0.2, 0.25) is 0 Å². The van der Waals surface area contributed by atoms with Crippen LogP contribution in [0.4, 0.5) is 14.6 Å². The van der Waals surface area contributed by atoms with E-state index in [-0.39, 0.29) is 35.8 Å². The van der Waals surface area contributed by atoms with Gasteiger partial charge in [-0.2, -0.15) is 5.10 Å². The van der Waals surface area contributed by atoms with Gasteiger partial charge in [0.25, 0.3) is 0 Å². The van der Waals surface area contributed by atoms with Gasteiger partial charge in [-0.15, -0.1) is 0 Å². The molecular formula is C12H11F2N3O2. The molecule has 1 aromatic carbocycles. The van der Waals surface area contributed by atoms with Crippen LogP contribution in [0, 0.1) is 11.6 Å². The topological polar surface area (TPSA) is 81.1 Å². The number of anilines is 1. The van der Waals surface area contributed by atoms with Crippen molar-refractivity contribution in [3.05, 3.63) is 35.4 Å². The maximum atomic E-state index is 13.7. The Morgan fingerprint density at radius 3 is 2.79 bits per heavy atom. The molecule has 0 aliphatic carbocycles. The van der Waals surface area contributed by atoms with E-state index in [0.29, 0.717) is 6.29 Å². The van der Waals surface area contributed by atoms with E-state index in [9.17, 15) is 13.6 Å². The summed E-state index contributed by atoms with van der Waals surface area (Å²) in [5.74, 6) is -1.36. The van der Waals surface area contributed by atoms with Gasteiger partial charge in [0.15, 0.2) is 6.29 Å². The molecule has 0 fully saturated rings. The fraction of sp³-hybridized carbons (Fsp3) is 0.167. The number of nitrogen functional groups attached to an aromatic ring is 1. The molecule has 19 heavy (non-hydrogen) atoms. The SMILES string of the molecule is Nc1c(C=O)c(-c2cc(F)ccc2F)nn1CCO. The highest BCUT2D eigenvalue weighted by atomic mass is 19.1. The summed E-state index contributed by atoms with van der Waals surface area (Å²) < 4.78 is 28.0. The Kier molecular flexibility index (Phi) is 3.57. The maximum absolute atomic E-state index is 13.7. The van der Waals surface area contributed by atoms with Crippen LogP contribution in [0.25, 0.3) is 11.3 Å². The third-order valence-electron chi connectivity index (χ3n) is 2.64. The Labute approximate surface area is 107 Å². The number of nitrogens with zero attached hydrogens (tertiary/aromatic N) is 2. The molecule has 0 spiro atoms. The largest absolute Gasteiger partial charge is 0.394 e. The Hall–Kier alpha value is -2.28. The molecule has 0 unspecified atom stereocenters. The number of carbonyl (C=O) groups is 1. The Morgan fingerprint density at radius 1 is 1.42 bits per heavy atom. The summed E-state index contributed by atoms with van der Waals surface area (Å²) in [5.41, 5.74) is 5.45. The molecule has 0 bridgehead atoms. The molecule has 0 amide bonds. The van der Waals surface area contributed by atoms with Gasteiger partial charge in [-0.25, -0.2) is 13.5 Å². The molecular weight excluding hydrogens is 256 g/mol. The summed E-state index contributed by atoms with van der Waals surface area (Å²) in [6.07, 6.45) is 0.426. The number of hydrogen-bond donors (Lipinski definition) is 2. The fourth-order valence-electron chi connectivity index (χ4n) is 1.75. The first kappa shape index (κ1) is 13.2.